The molecule has 1 saturated heterocycles. The van der Waals surface area contributed by atoms with Crippen molar-refractivity contribution < 1.29 is 24.6 Å². The van der Waals surface area contributed by atoms with Gasteiger partial charge in [0.25, 0.3) is 0 Å². The van der Waals surface area contributed by atoms with Gasteiger partial charge >= 0.3 is 12.0 Å². The third-order valence-corrected chi connectivity index (χ3v) is 3.48. The van der Waals surface area contributed by atoms with E-state index in [0.29, 0.717) is 0 Å². The summed E-state index contributed by atoms with van der Waals surface area (Å²) < 4.78 is 0. The average molecular weight is 285 g/mol. The van der Waals surface area contributed by atoms with E-state index in [9.17, 15) is 19.5 Å². The number of β-amino-alcohol motifs (C(OH)–C–C–N with tert-alkyl or cyclic N) is 1. The van der Waals surface area contributed by atoms with Gasteiger partial charge in [0.2, 0.25) is 5.91 Å². The van der Waals surface area contributed by atoms with E-state index in [2.05, 4.69) is 10.6 Å². The molecule has 4 N–H and O–H groups in total. The molecule has 8 heteroatoms. The van der Waals surface area contributed by atoms with Gasteiger partial charge in [-0.2, -0.15) is 0 Å². The summed E-state index contributed by atoms with van der Waals surface area (Å²) in [5.41, 5.74) is 0. The number of likely N-dealkylation sites (tertiary alicyclic amines) is 1. The Morgan fingerprint density at radius 2 is 1.95 bits per heavy atom. The van der Waals surface area contributed by atoms with E-state index in [1.54, 1.807) is 0 Å². The third kappa shape index (κ3) is 3.38. The van der Waals surface area contributed by atoms with Crippen LogP contribution in [0.4, 0.5) is 4.79 Å². The van der Waals surface area contributed by atoms with Crippen LogP contribution in [0.5, 0.6) is 0 Å². The molecule has 1 aliphatic heterocycles. The summed E-state index contributed by atoms with van der Waals surface area (Å²) in [6.07, 6.45) is 1.06. The lowest BCUT2D eigenvalue weighted by Crippen LogP contribution is -2.52. The molecule has 3 atom stereocenters. The summed E-state index contributed by atoms with van der Waals surface area (Å²) in [6, 6.07) is -2.24. The number of nitrogens with one attached hydrogen (secondary N) is 2. The van der Waals surface area contributed by atoms with Crippen molar-refractivity contribution >= 4 is 17.9 Å². The Bertz CT molecular complexity index is 423. The van der Waals surface area contributed by atoms with E-state index in [1.165, 1.54) is 6.92 Å². The van der Waals surface area contributed by atoms with Gasteiger partial charge in [0.15, 0.2) is 0 Å². The number of urea groups is 1. The number of carbonyl (C=O) groups is 3. The number of rotatable bonds is 4. The highest BCUT2D eigenvalue weighted by Gasteiger charge is 2.39. The van der Waals surface area contributed by atoms with Gasteiger partial charge in [-0.25, -0.2) is 9.59 Å². The Kier molecular flexibility index (Phi) is 4.12. The fourth-order valence-corrected chi connectivity index (χ4v) is 2.16. The van der Waals surface area contributed by atoms with Crippen molar-refractivity contribution in [2.75, 3.05) is 6.54 Å². The van der Waals surface area contributed by atoms with Crippen LogP contribution in [-0.4, -0.2) is 63.8 Å². The molecule has 112 valence electrons. The average Bonchev–Trinajstić information content (AvgIpc) is 3.08. The Balaban J connectivity index is 1.89. The first-order chi connectivity index (χ1) is 9.38. The summed E-state index contributed by atoms with van der Waals surface area (Å²) in [7, 11) is 0. The molecule has 2 fully saturated rings. The summed E-state index contributed by atoms with van der Waals surface area (Å²) in [6.45, 7) is 1.50. The maximum atomic E-state index is 12.0. The molecule has 1 unspecified atom stereocenters. The number of amides is 3. The Morgan fingerprint density at radius 1 is 1.30 bits per heavy atom. The van der Waals surface area contributed by atoms with Crippen LogP contribution in [0.1, 0.15) is 26.2 Å². The fraction of sp³-hybridized carbons (Fsp3) is 0.750. The summed E-state index contributed by atoms with van der Waals surface area (Å²) >= 11 is 0. The van der Waals surface area contributed by atoms with E-state index in [1.807, 2.05) is 0 Å². The minimum absolute atomic E-state index is 0.00536. The van der Waals surface area contributed by atoms with E-state index in [4.69, 9.17) is 5.11 Å². The number of aliphatic hydroxyl groups excluding tert-OH is 1. The highest BCUT2D eigenvalue weighted by Crippen LogP contribution is 2.19. The monoisotopic (exact) mass is 285 g/mol. The lowest BCUT2D eigenvalue weighted by Gasteiger charge is -2.23. The normalized spacial score (nSPS) is 27.0. The molecule has 20 heavy (non-hydrogen) atoms. The van der Waals surface area contributed by atoms with Crippen molar-refractivity contribution in [3.8, 4) is 0 Å². The van der Waals surface area contributed by atoms with E-state index >= 15 is 0 Å². The number of carboxylic acid groups (broad SMARTS) is 1. The van der Waals surface area contributed by atoms with Crippen LogP contribution < -0.4 is 10.6 Å². The molecular weight excluding hydrogens is 266 g/mol. The van der Waals surface area contributed by atoms with Crippen LogP contribution in [0.25, 0.3) is 0 Å². The zero-order chi connectivity index (χ0) is 14.9. The standard InChI is InChI=1S/C12H19N3O5/c1-6(10(17)14-7-2-3-7)13-12(20)15-5-8(16)4-9(15)11(18)19/h6-9,16H,2-5H2,1H3,(H,13,20)(H,14,17)(H,18,19)/t6?,8-,9-/m1/s1. The molecule has 0 aromatic carbocycles. The van der Waals surface area contributed by atoms with Crippen LogP contribution in [0, 0.1) is 0 Å². The van der Waals surface area contributed by atoms with E-state index in [-0.39, 0.29) is 24.9 Å². The number of aliphatic carboxylic acids is 1. The Morgan fingerprint density at radius 3 is 2.50 bits per heavy atom. The predicted octanol–water partition coefficient (Wildman–Crippen LogP) is -1.12. The van der Waals surface area contributed by atoms with E-state index in [0.717, 1.165) is 17.7 Å². The van der Waals surface area contributed by atoms with Crippen molar-refractivity contribution in [3.05, 3.63) is 0 Å². The van der Waals surface area contributed by atoms with Gasteiger partial charge in [-0.05, 0) is 19.8 Å². The SMILES string of the molecule is CC(NC(=O)N1C[C@H](O)C[C@@H]1C(=O)O)C(=O)NC1CC1. The van der Waals surface area contributed by atoms with Crippen molar-refractivity contribution in [1.29, 1.82) is 0 Å². The number of hydrogen-bond acceptors (Lipinski definition) is 4. The summed E-state index contributed by atoms with van der Waals surface area (Å²) in [5, 5.41) is 23.7. The molecule has 0 aromatic rings. The number of nitrogens with zero attached hydrogens (tertiary/aromatic N) is 1. The lowest BCUT2D eigenvalue weighted by atomic mass is 10.2. The first kappa shape index (κ1) is 14.6. The Labute approximate surface area is 116 Å². The van der Waals surface area contributed by atoms with Crippen molar-refractivity contribution in [1.82, 2.24) is 15.5 Å². The topological polar surface area (TPSA) is 119 Å². The second kappa shape index (κ2) is 5.66. The summed E-state index contributed by atoms with van der Waals surface area (Å²) in [5.74, 6) is -1.45. The first-order valence-corrected chi connectivity index (χ1v) is 6.67. The number of carbonyl (C=O) groups excluding carboxylic acids is 2. The van der Waals surface area contributed by atoms with E-state index < -0.39 is 30.2 Å². The van der Waals surface area contributed by atoms with Gasteiger partial charge in [0, 0.05) is 19.0 Å². The molecule has 0 aromatic heterocycles. The van der Waals surface area contributed by atoms with Gasteiger partial charge in [0.05, 0.1) is 6.10 Å². The zero-order valence-corrected chi connectivity index (χ0v) is 11.2. The quantitative estimate of drug-likeness (QED) is 0.522. The molecule has 1 saturated carbocycles. The molecule has 0 spiro atoms. The van der Waals surface area contributed by atoms with Crippen LogP contribution >= 0.6 is 0 Å². The Hall–Kier alpha value is -1.83. The molecule has 8 nitrogen and oxygen atoms in total. The number of aliphatic hydroxyl groups is 1. The molecule has 0 bridgehead atoms. The smallest absolute Gasteiger partial charge is 0.326 e. The second-order valence-corrected chi connectivity index (χ2v) is 5.35. The molecule has 2 aliphatic rings. The molecular formula is C12H19N3O5. The third-order valence-electron chi connectivity index (χ3n) is 3.48. The van der Waals surface area contributed by atoms with Crippen LogP contribution in [0.2, 0.25) is 0 Å². The summed E-state index contributed by atoms with van der Waals surface area (Å²) in [4.78, 5) is 35.8. The first-order valence-electron chi connectivity index (χ1n) is 6.67. The maximum Gasteiger partial charge on any atom is 0.326 e. The predicted molar refractivity (Wildman–Crippen MR) is 67.9 cm³/mol. The highest BCUT2D eigenvalue weighted by molar-refractivity contribution is 5.89. The van der Waals surface area contributed by atoms with Gasteiger partial charge in [0.1, 0.15) is 12.1 Å². The van der Waals surface area contributed by atoms with Crippen LogP contribution in [-0.2, 0) is 9.59 Å². The van der Waals surface area contributed by atoms with Crippen molar-refractivity contribution in [2.45, 2.75) is 50.4 Å². The largest absolute Gasteiger partial charge is 0.480 e. The number of carboxylic acids is 1. The van der Waals surface area contributed by atoms with Gasteiger partial charge in [-0.3, -0.25) is 4.79 Å². The van der Waals surface area contributed by atoms with Crippen molar-refractivity contribution in [3.63, 3.8) is 0 Å². The molecule has 1 aliphatic carbocycles. The highest BCUT2D eigenvalue weighted by atomic mass is 16.4. The maximum absolute atomic E-state index is 12.0. The van der Waals surface area contributed by atoms with Gasteiger partial charge < -0.3 is 25.7 Å². The molecule has 2 rings (SSSR count). The molecule has 1 heterocycles. The number of hydrogen-bond donors (Lipinski definition) is 4. The van der Waals surface area contributed by atoms with Gasteiger partial charge in [-0.15, -0.1) is 0 Å². The minimum Gasteiger partial charge on any atom is -0.480 e. The molecule has 0 radical (unpaired) electrons. The van der Waals surface area contributed by atoms with Crippen LogP contribution in [0.15, 0.2) is 0 Å². The fourth-order valence-electron chi connectivity index (χ4n) is 2.16. The lowest BCUT2D eigenvalue weighted by molar-refractivity contribution is -0.141. The minimum atomic E-state index is -1.16. The van der Waals surface area contributed by atoms with Crippen molar-refractivity contribution in [2.24, 2.45) is 0 Å². The second-order valence-electron chi connectivity index (χ2n) is 5.35. The van der Waals surface area contributed by atoms with Gasteiger partial charge in [-0.1, -0.05) is 0 Å². The van der Waals surface area contributed by atoms with Crippen LogP contribution in [0.3, 0.4) is 0 Å². The zero-order valence-electron chi connectivity index (χ0n) is 11.2. The molecule has 3 amide bonds.